The summed E-state index contributed by atoms with van der Waals surface area (Å²) in [7, 11) is 1.92. The van der Waals surface area contributed by atoms with Gasteiger partial charge < -0.3 is 4.57 Å². The minimum Gasteiger partial charge on any atom is -0.320 e. The molecule has 31 heavy (non-hydrogen) atoms. The van der Waals surface area contributed by atoms with Crippen LogP contribution >= 0.6 is 11.6 Å². The minimum atomic E-state index is -4.60. The van der Waals surface area contributed by atoms with Crippen LogP contribution in [0.25, 0.3) is 22.3 Å². The van der Waals surface area contributed by atoms with Gasteiger partial charge in [-0.1, -0.05) is 36.2 Å². The number of fused-ring (bicyclic) bond motifs is 1. The molecule has 1 aliphatic rings. The van der Waals surface area contributed by atoms with Gasteiger partial charge in [0, 0.05) is 23.9 Å². The molecular weight excluding hydrogens is 429 g/mol. The zero-order valence-corrected chi connectivity index (χ0v) is 17.2. The number of hydrogen-bond donors (Lipinski definition) is 1. The number of aryl methyl sites for hydroxylation is 1. The molecule has 0 amide bonds. The fraction of sp³-hybridized carbons (Fsp3) is 0.333. The van der Waals surface area contributed by atoms with Gasteiger partial charge in [-0.15, -0.1) is 10.2 Å². The largest absolute Gasteiger partial charge is 0.419 e. The summed E-state index contributed by atoms with van der Waals surface area (Å²) in [6.45, 7) is 0. The predicted octanol–water partition coefficient (Wildman–Crippen LogP) is 5.36. The first-order chi connectivity index (χ1) is 14.8. The number of rotatable bonds is 4. The molecule has 1 aliphatic carbocycles. The molecule has 1 atom stereocenters. The first kappa shape index (κ1) is 20.0. The van der Waals surface area contributed by atoms with Crippen molar-refractivity contribution in [3.63, 3.8) is 0 Å². The van der Waals surface area contributed by atoms with Gasteiger partial charge in [0.05, 0.1) is 5.56 Å². The second-order valence-corrected chi connectivity index (χ2v) is 8.25. The quantitative estimate of drug-likeness (QED) is 0.428. The number of halogens is 4. The van der Waals surface area contributed by atoms with Crippen molar-refractivity contribution in [2.24, 2.45) is 13.0 Å². The Bertz CT molecular complexity index is 1260. The van der Waals surface area contributed by atoms with Crippen LogP contribution in [0.4, 0.5) is 13.2 Å². The van der Waals surface area contributed by atoms with E-state index in [1.807, 2.05) is 35.9 Å². The molecule has 0 bridgehead atoms. The molecule has 1 saturated carbocycles. The summed E-state index contributed by atoms with van der Waals surface area (Å²) in [6.07, 6.45) is 0.458. The SMILES string of the molecule is Cn1cnnc1[C@@H](c1cccc(-c2n[nH]c3nc(Cl)c(C(F)(F)F)cc23)c1)C1CCC1. The highest BCUT2D eigenvalue weighted by Crippen LogP contribution is 2.43. The molecule has 0 saturated heterocycles. The molecule has 0 spiro atoms. The Hall–Kier alpha value is -2.94. The van der Waals surface area contributed by atoms with Crippen LogP contribution in [0.2, 0.25) is 5.15 Å². The van der Waals surface area contributed by atoms with Gasteiger partial charge in [-0.3, -0.25) is 5.10 Å². The smallest absolute Gasteiger partial charge is 0.320 e. The first-order valence-electron chi connectivity index (χ1n) is 9.89. The normalized spacial score (nSPS) is 15.9. The Balaban J connectivity index is 1.62. The summed E-state index contributed by atoms with van der Waals surface area (Å²) in [5, 5.41) is 15.0. The summed E-state index contributed by atoms with van der Waals surface area (Å²) in [4.78, 5) is 3.85. The van der Waals surface area contributed by atoms with Gasteiger partial charge in [-0.2, -0.15) is 18.3 Å². The van der Waals surface area contributed by atoms with Crippen molar-refractivity contribution < 1.29 is 13.2 Å². The van der Waals surface area contributed by atoms with E-state index >= 15 is 0 Å². The van der Waals surface area contributed by atoms with E-state index in [0.29, 0.717) is 17.2 Å². The highest BCUT2D eigenvalue weighted by atomic mass is 35.5. The summed E-state index contributed by atoms with van der Waals surface area (Å²) in [5.74, 6) is 1.39. The lowest BCUT2D eigenvalue weighted by molar-refractivity contribution is -0.137. The monoisotopic (exact) mass is 446 g/mol. The van der Waals surface area contributed by atoms with Crippen LogP contribution in [0.15, 0.2) is 36.7 Å². The van der Waals surface area contributed by atoms with Gasteiger partial charge in [-0.25, -0.2) is 4.98 Å². The van der Waals surface area contributed by atoms with E-state index in [9.17, 15) is 13.2 Å². The van der Waals surface area contributed by atoms with Gasteiger partial charge in [-0.05, 0) is 36.5 Å². The topological polar surface area (TPSA) is 72.3 Å². The number of aromatic nitrogens is 6. The summed E-state index contributed by atoms with van der Waals surface area (Å²) in [5.41, 5.74) is 1.37. The number of H-pyrrole nitrogens is 1. The van der Waals surface area contributed by atoms with Crippen molar-refractivity contribution in [1.82, 2.24) is 29.9 Å². The molecule has 5 rings (SSSR count). The van der Waals surface area contributed by atoms with Gasteiger partial charge in [0.15, 0.2) is 5.65 Å². The van der Waals surface area contributed by atoms with E-state index in [2.05, 4.69) is 25.4 Å². The standard InChI is InChI=1S/C21H18ClF3N6/c1-31-10-26-30-20(31)16(11-4-2-5-11)12-6-3-7-13(8-12)17-14-9-15(21(23,24)25)18(22)27-19(14)29-28-17/h3,6-11,16H,2,4-5H2,1H3,(H,27,28,29)/t16-/m1/s1. The van der Waals surface area contributed by atoms with Gasteiger partial charge >= 0.3 is 6.18 Å². The molecule has 4 aromatic rings. The Morgan fingerprint density at radius 3 is 2.68 bits per heavy atom. The average molecular weight is 447 g/mol. The molecule has 0 unspecified atom stereocenters. The summed E-state index contributed by atoms with van der Waals surface area (Å²) in [6, 6.07) is 8.71. The fourth-order valence-corrected chi connectivity index (χ4v) is 4.45. The maximum atomic E-state index is 13.3. The van der Waals surface area contributed by atoms with E-state index < -0.39 is 16.9 Å². The van der Waals surface area contributed by atoms with E-state index in [1.54, 1.807) is 6.33 Å². The first-order valence-corrected chi connectivity index (χ1v) is 10.3. The lowest BCUT2D eigenvalue weighted by Crippen LogP contribution is -2.24. The maximum Gasteiger partial charge on any atom is 0.419 e. The number of nitrogens with zero attached hydrogens (tertiary/aromatic N) is 5. The van der Waals surface area contributed by atoms with Crippen LogP contribution < -0.4 is 0 Å². The number of hydrogen-bond acceptors (Lipinski definition) is 4. The highest BCUT2D eigenvalue weighted by molar-refractivity contribution is 6.30. The summed E-state index contributed by atoms with van der Waals surface area (Å²) >= 11 is 5.74. The van der Waals surface area contributed by atoms with Crippen molar-refractivity contribution in [3.8, 4) is 11.3 Å². The van der Waals surface area contributed by atoms with Crippen molar-refractivity contribution in [2.45, 2.75) is 31.4 Å². The van der Waals surface area contributed by atoms with E-state index in [-0.39, 0.29) is 17.0 Å². The van der Waals surface area contributed by atoms with Crippen molar-refractivity contribution in [2.75, 3.05) is 0 Å². The highest BCUT2D eigenvalue weighted by Gasteiger charge is 2.35. The third-order valence-electron chi connectivity index (χ3n) is 5.98. The second-order valence-electron chi connectivity index (χ2n) is 7.89. The molecular formula is C21H18ClF3N6. The van der Waals surface area contributed by atoms with Crippen LogP contribution in [-0.2, 0) is 13.2 Å². The van der Waals surface area contributed by atoms with E-state index in [1.165, 1.54) is 6.42 Å². The van der Waals surface area contributed by atoms with Crippen LogP contribution in [-0.4, -0.2) is 29.9 Å². The minimum absolute atomic E-state index is 0.0599. The molecule has 0 radical (unpaired) electrons. The maximum absolute atomic E-state index is 13.3. The average Bonchev–Trinajstić information content (AvgIpc) is 3.28. The van der Waals surface area contributed by atoms with Gasteiger partial charge in [0.2, 0.25) is 0 Å². The van der Waals surface area contributed by atoms with Gasteiger partial charge in [0.25, 0.3) is 0 Å². The molecule has 3 aromatic heterocycles. The van der Waals surface area contributed by atoms with E-state index in [0.717, 1.165) is 30.3 Å². The second kappa shape index (κ2) is 7.33. The number of benzene rings is 1. The fourth-order valence-electron chi connectivity index (χ4n) is 4.20. The molecule has 10 heteroatoms. The summed E-state index contributed by atoms with van der Waals surface area (Å²) < 4.78 is 42.0. The van der Waals surface area contributed by atoms with Crippen molar-refractivity contribution in [3.05, 3.63) is 58.8 Å². The third kappa shape index (κ3) is 3.46. The Morgan fingerprint density at radius 1 is 1.23 bits per heavy atom. The van der Waals surface area contributed by atoms with Crippen LogP contribution in [0, 0.1) is 5.92 Å². The van der Waals surface area contributed by atoms with Crippen molar-refractivity contribution >= 4 is 22.6 Å². The van der Waals surface area contributed by atoms with Gasteiger partial charge in [0.1, 0.15) is 23.0 Å². The van der Waals surface area contributed by atoms with Crippen molar-refractivity contribution in [1.29, 1.82) is 0 Å². The molecule has 6 nitrogen and oxygen atoms in total. The molecule has 1 aromatic carbocycles. The predicted molar refractivity (Wildman–Crippen MR) is 110 cm³/mol. The van der Waals surface area contributed by atoms with Crippen LogP contribution in [0.5, 0.6) is 0 Å². The van der Waals surface area contributed by atoms with E-state index in [4.69, 9.17) is 11.6 Å². The van der Waals surface area contributed by atoms with Crippen LogP contribution in [0.1, 0.15) is 42.1 Å². The molecule has 3 heterocycles. The molecule has 1 N–H and O–H groups in total. The Labute approximate surface area is 180 Å². The molecule has 1 fully saturated rings. The number of nitrogens with one attached hydrogen (secondary N) is 1. The molecule has 0 aliphatic heterocycles. The third-order valence-corrected chi connectivity index (χ3v) is 6.26. The van der Waals surface area contributed by atoms with Crippen LogP contribution in [0.3, 0.4) is 0 Å². The molecule has 160 valence electrons. The Kier molecular flexibility index (Phi) is 4.73. The Morgan fingerprint density at radius 2 is 2.03 bits per heavy atom. The lowest BCUT2D eigenvalue weighted by atomic mass is 9.72. The lowest BCUT2D eigenvalue weighted by Gasteiger charge is -2.33. The zero-order valence-electron chi connectivity index (χ0n) is 16.5. The number of aromatic amines is 1. The number of pyridine rings is 1. The number of alkyl halides is 3. The zero-order chi connectivity index (χ0) is 21.8.